The van der Waals surface area contributed by atoms with Gasteiger partial charge in [-0.05, 0) is 43.5 Å². The van der Waals surface area contributed by atoms with Crippen molar-refractivity contribution in [2.45, 2.75) is 32.6 Å². The van der Waals surface area contributed by atoms with Crippen LogP contribution in [0.1, 0.15) is 38.2 Å². The van der Waals surface area contributed by atoms with Gasteiger partial charge in [0, 0.05) is 12.4 Å². The van der Waals surface area contributed by atoms with Crippen molar-refractivity contribution in [2.75, 3.05) is 13.1 Å². The normalized spacial score (nSPS) is 12.7. The summed E-state index contributed by atoms with van der Waals surface area (Å²) < 4.78 is 0. The van der Waals surface area contributed by atoms with Gasteiger partial charge in [-0.15, -0.1) is 0 Å². The van der Waals surface area contributed by atoms with E-state index in [9.17, 15) is 0 Å². The number of hydrogen-bond donors (Lipinski definition) is 1. The summed E-state index contributed by atoms with van der Waals surface area (Å²) in [5, 5.41) is 3.42. The molecular weight excluding hydrogens is 172 g/mol. The van der Waals surface area contributed by atoms with Gasteiger partial charge in [0.15, 0.2) is 0 Å². The average Bonchev–Trinajstić information content (AvgIpc) is 2.25. The predicted molar refractivity (Wildman–Crippen MR) is 60.4 cm³/mol. The van der Waals surface area contributed by atoms with Gasteiger partial charge in [-0.3, -0.25) is 4.98 Å². The molecule has 0 aliphatic heterocycles. The number of pyridine rings is 1. The summed E-state index contributed by atoms with van der Waals surface area (Å²) in [6, 6.07) is 4.16. The van der Waals surface area contributed by atoms with Crippen molar-refractivity contribution in [2.24, 2.45) is 0 Å². The third-order valence-corrected chi connectivity index (χ3v) is 2.43. The molecule has 0 saturated heterocycles. The zero-order chi connectivity index (χ0) is 10.2. The number of hydrogen-bond acceptors (Lipinski definition) is 2. The first-order valence-electron chi connectivity index (χ1n) is 5.45. The second kappa shape index (κ2) is 6.55. The Morgan fingerprint density at radius 2 is 2.29 bits per heavy atom. The molecule has 78 valence electrons. The molecule has 0 amide bonds. The van der Waals surface area contributed by atoms with Crippen LogP contribution in [-0.4, -0.2) is 18.1 Å². The molecule has 2 nitrogen and oxygen atoms in total. The van der Waals surface area contributed by atoms with Gasteiger partial charge in [0.2, 0.25) is 0 Å². The second-order valence-corrected chi connectivity index (χ2v) is 3.73. The molecule has 0 bridgehead atoms. The molecule has 0 radical (unpaired) electrons. The Morgan fingerprint density at radius 1 is 1.43 bits per heavy atom. The maximum absolute atomic E-state index is 4.13. The molecule has 1 aromatic heterocycles. The maximum Gasteiger partial charge on any atom is 0.0302 e. The molecule has 0 fully saturated rings. The van der Waals surface area contributed by atoms with Gasteiger partial charge >= 0.3 is 0 Å². The molecule has 0 saturated carbocycles. The molecule has 0 aromatic carbocycles. The van der Waals surface area contributed by atoms with Crippen LogP contribution in [-0.2, 0) is 0 Å². The first-order valence-corrected chi connectivity index (χ1v) is 5.45. The SMILES string of the molecule is CCCNCCC(C)c1cccnc1. The van der Waals surface area contributed by atoms with E-state index < -0.39 is 0 Å². The summed E-state index contributed by atoms with van der Waals surface area (Å²) in [7, 11) is 0. The molecule has 1 rings (SSSR count). The minimum absolute atomic E-state index is 0.605. The molecule has 2 heteroatoms. The highest BCUT2D eigenvalue weighted by molar-refractivity contribution is 5.13. The minimum atomic E-state index is 0.605. The topological polar surface area (TPSA) is 24.9 Å². The summed E-state index contributed by atoms with van der Waals surface area (Å²) in [5.41, 5.74) is 1.34. The van der Waals surface area contributed by atoms with E-state index in [-0.39, 0.29) is 0 Å². The zero-order valence-electron chi connectivity index (χ0n) is 9.16. The third kappa shape index (κ3) is 3.88. The highest BCUT2D eigenvalue weighted by Gasteiger charge is 2.03. The third-order valence-electron chi connectivity index (χ3n) is 2.43. The van der Waals surface area contributed by atoms with E-state index in [0.717, 1.165) is 13.1 Å². The molecule has 14 heavy (non-hydrogen) atoms. The average molecular weight is 192 g/mol. The quantitative estimate of drug-likeness (QED) is 0.701. The van der Waals surface area contributed by atoms with Crippen molar-refractivity contribution in [3.05, 3.63) is 30.1 Å². The van der Waals surface area contributed by atoms with Crippen molar-refractivity contribution < 1.29 is 0 Å². The van der Waals surface area contributed by atoms with Gasteiger partial charge < -0.3 is 5.32 Å². The summed E-state index contributed by atoms with van der Waals surface area (Å²) in [6.45, 7) is 6.67. The standard InChI is InChI=1S/C12H20N2/c1-3-7-13-9-6-11(2)12-5-4-8-14-10-12/h4-5,8,10-11,13H,3,6-7,9H2,1-2H3. The zero-order valence-corrected chi connectivity index (χ0v) is 9.16. The van der Waals surface area contributed by atoms with Crippen LogP contribution in [0.4, 0.5) is 0 Å². The summed E-state index contributed by atoms with van der Waals surface area (Å²) in [4.78, 5) is 4.13. The van der Waals surface area contributed by atoms with Gasteiger partial charge in [-0.2, -0.15) is 0 Å². The van der Waals surface area contributed by atoms with Gasteiger partial charge in [0.05, 0.1) is 0 Å². The number of nitrogens with one attached hydrogen (secondary N) is 1. The van der Waals surface area contributed by atoms with E-state index >= 15 is 0 Å². The van der Waals surface area contributed by atoms with Gasteiger partial charge in [-0.25, -0.2) is 0 Å². The Kier molecular flexibility index (Phi) is 5.23. The lowest BCUT2D eigenvalue weighted by Gasteiger charge is -2.11. The van der Waals surface area contributed by atoms with E-state index in [1.54, 1.807) is 0 Å². The van der Waals surface area contributed by atoms with Crippen LogP contribution in [0.15, 0.2) is 24.5 Å². The lowest BCUT2D eigenvalue weighted by atomic mass is 10.00. The Labute approximate surface area is 86.8 Å². The number of nitrogens with zero attached hydrogens (tertiary/aromatic N) is 1. The number of rotatable bonds is 6. The van der Waals surface area contributed by atoms with E-state index in [2.05, 4.69) is 30.2 Å². The van der Waals surface area contributed by atoms with Crippen LogP contribution in [0.3, 0.4) is 0 Å². The van der Waals surface area contributed by atoms with Crippen LogP contribution in [0, 0.1) is 0 Å². The van der Waals surface area contributed by atoms with Crippen molar-refractivity contribution in [1.82, 2.24) is 10.3 Å². The largest absolute Gasteiger partial charge is 0.317 e. The second-order valence-electron chi connectivity index (χ2n) is 3.73. The van der Waals surface area contributed by atoms with E-state index in [1.165, 1.54) is 18.4 Å². The Balaban J connectivity index is 2.25. The number of aromatic nitrogens is 1. The van der Waals surface area contributed by atoms with Crippen molar-refractivity contribution in [3.8, 4) is 0 Å². The van der Waals surface area contributed by atoms with Crippen LogP contribution >= 0.6 is 0 Å². The Morgan fingerprint density at radius 3 is 2.93 bits per heavy atom. The molecule has 1 unspecified atom stereocenters. The molecule has 0 spiro atoms. The van der Waals surface area contributed by atoms with Gasteiger partial charge in [0.25, 0.3) is 0 Å². The molecular formula is C12H20N2. The van der Waals surface area contributed by atoms with E-state index in [1.807, 2.05) is 18.5 Å². The van der Waals surface area contributed by atoms with E-state index in [0.29, 0.717) is 5.92 Å². The molecule has 1 N–H and O–H groups in total. The molecule has 0 aliphatic rings. The lowest BCUT2D eigenvalue weighted by Crippen LogP contribution is -2.17. The fourth-order valence-corrected chi connectivity index (χ4v) is 1.45. The highest BCUT2D eigenvalue weighted by Crippen LogP contribution is 2.16. The van der Waals surface area contributed by atoms with Crippen molar-refractivity contribution in [3.63, 3.8) is 0 Å². The van der Waals surface area contributed by atoms with Gasteiger partial charge in [0.1, 0.15) is 0 Å². The van der Waals surface area contributed by atoms with Crippen LogP contribution in [0.5, 0.6) is 0 Å². The monoisotopic (exact) mass is 192 g/mol. The first kappa shape index (κ1) is 11.2. The van der Waals surface area contributed by atoms with Crippen LogP contribution < -0.4 is 5.32 Å². The van der Waals surface area contributed by atoms with Crippen LogP contribution in [0.25, 0.3) is 0 Å². The maximum atomic E-state index is 4.13. The predicted octanol–water partition coefficient (Wildman–Crippen LogP) is 2.57. The smallest absolute Gasteiger partial charge is 0.0302 e. The summed E-state index contributed by atoms with van der Waals surface area (Å²) >= 11 is 0. The molecule has 1 atom stereocenters. The molecule has 1 heterocycles. The fourth-order valence-electron chi connectivity index (χ4n) is 1.45. The molecule has 1 aromatic rings. The Bertz CT molecular complexity index is 233. The lowest BCUT2D eigenvalue weighted by molar-refractivity contribution is 0.590. The fraction of sp³-hybridized carbons (Fsp3) is 0.583. The summed E-state index contributed by atoms with van der Waals surface area (Å²) in [6.07, 6.45) is 6.18. The summed E-state index contributed by atoms with van der Waals surface area (Å²) in [5.74, 6) is 0.605. The molecule has 0 aliphatic carbocycles. The van der Waals surface area contributed by atoms with Crippen LogP contribution in [0.2, 0.25) is 0 Å². The van der Waals surface area contributed by atoms with Gasteiger partial charge in [-0.1, -0.05) is 19.9 Å². The minimum Gasteiger partial charge on any atom is -0.317 e. The van der Waals surface area contributed by atoms with Crippen molar-refractivity contribution >= 4 is 0 Å². The highest BCUT2D eigenvalue weighted by atomic mass is 14.8. The Hall–Kier alpha value is -0.890. The van der Waals surface area contributed by atoms with E-state index in [4.69, 9.17) is 0 Å². The van der Waals surface area contributed by atoms with Crippen molar-refractivity contribution in [1.29, 1.82) is 0 Å². The first-order chi connectivity index (χ1) is 6.84.